The molecule has 0 bridgehead atoms. The van der Waals surface area contributed by atoms with Crippen LogP contribution in [0.5, 0.6) is 0 Å². The van der Waals surface area contributed by atoms with E-state index in [0.717, 1.165) is 0 Å². The number of benzene rings is 1. The number of aryl methyl sites for hydroxylation is 1. The molecule has 0 radical (unpaired) electrons. The Morgan fingerprint density at radius 3 is 2.07 bits per heavy atom. The molecule has 0 saturated carbocycles. The quantitative estimate of drug-likeness (QED) is 0.724. The molecule has 5 nitrogen and oxygen atoms in total. The van der Waals surface area contributed by atoms with E-state index in [1.54, 1.807) is 6.92 Å². The summed E-state index contributed by atoms with van der Waals surface area (Å²) in [6, 6.07) is 3.91. The van der Waals surface area contributed by atoms with Crippen molar-refractivity contribution in [2.45, 2.75) is 6.92 Å². The van der Waals surface area contributed by atoms with Crippen LogP contribution in [0.1, 0.15) is 26.3 Å². The first-order valence-corrected chi connectivity index (χ1v) is 3.59. The molecule has 76 valence electrons. The van der Waals surface area contributed by atoms with E-state index in [2.05, 4.69) is 0 Å². The second-order valence-corrected chi connectivity index (χ2v) is 2.64. The topological polar surface area (TPSA) is 106 Å². The van der Waals surface area contributed by atoms with Gasteiger partial charge in [-0.3, -0.25) is 0 Å². The van der Waals surface area contributed by atoms with Gasteiger partial charge in [0, 0.05) is 0 Å². The van der Waals surface area contributed by atoms with Gasteiger partial charge in [-0.15, -0.1) is 0 Å². The van der Waals surface area contributed by atoms with Crippen LogP contribution in [0.3, 0.4) is 0 Å². The van der Waals surface area contributed by atoms with E-state index in [1.807, 2.05) is 0 Å². The van der Waals surface area contributed by atoms with Crippen molar-refractivity contribution in [2.24, 2.45) is 0 Å². The smallest absolute Gasteiger partial charge is 0.335 e. The molecular formula is C9H10O5. The normalized spacial score (nSPS) is 8.93. The third kappa shape index (κ3) is 2.30. The van der Waals surface area contributed by atoms with Crippen molar-refractivity contribution in [3.63, 3.8) is 0 Å². The van der Waals surface area contributed by atoms with Gasteiger partial charge in [-0.05, 0) is 30.7 Å². The average Bonchev–Trinajstić information content (AvgIpc) is 2.03. The third-order valence-electron chi connectivity index (χ3n) is 1.70. The number of carboxylic acid groups (broad SMARTS) is 2. The maximum Gasteiger partial charge on any atom is 0.335 e. The molecule has 1 aromatic carbocycles. The van der Waals surface area contributed by atoms with Crippen LogP contribution in [-0.4, -0.2) is 27.6 Å². The van der Waals surface area contributed by atoms with Crippen LogP contribution in [0.15, 0.2) is 18.2 Å². The van der Waals surface area contributed by atoms with Gasteiger partial charge in [0.2, 0.25) is 0 Å². The summed E-state index contributed by atoms with van der Waals surface area (Å²) < 4.78 is 0. The number of carbonyl (C=O) groups is 2. The molecule has 14 heavy (non-hydrogen) atoms. The van der Waals surface area contributed by atoms with Crippen LogP contribution in [0.2, 0.25) is 0 Å². The van der Waals surface area contributed by atoms with E-state index in [0.29, 0.717) is 5.56 Å². The Bertz CT molecular complexity index is 369. The highest BCUT2D eigenvalue weighted by atomic mass is 16.4. The average molecular weight is 198 g/mol. The van der Waals surface area contributed by atoms with Crippen LogP contribution in [0.4, 0.5) is 0 Å². The molecule has 4 N–H and O–H groups in total. The Hall–Kier alpha value is -1.88. The minimum atomic E-state index is -1.06. The van der Waals surface area contributed by atoms with E-state index in [9.17, 15) is 9.59 Å². The van der Waals surface area contributed by atoms with Gasteiger partial charge in [-0.25, -0.2) is 9.59 Å². The Labute approximate surface area is 79.9 Å². The van der Waals surface area contributed by atoms with E-state index in [1.165, 1.54) is 18.2 Å². The predicted octanol–water partition coefficient (Wildman–Crippen LogP) is 0.567. The molecule has 0 aliphatic rings. The zero-order valence-corrected chi connectivity index (χ0v) is 7.44. The maximum absolute atomic E-state index is 10.6. The lowest BCUT2D eigenvalue weighted by molar-refractivity contribution is 0.0680. The minimum absolute atomic E-state index is 0. The molecular weight excluding hydrogens is 188 g/mol. The van der Waals surface area contributed by atoms with Gasteiger partial charge >= 0.3 is 11.9 Å². The lowest BCUT2D eigenvalue weighted by atomic mass is 10.1. The predicted molar refractivity (Wildman–Crippen MR) is 48.7 cm³/mol. The van der Waals surface area contributed by atoms with Crippen LogP contribution in [0.25, 0.3) is 0 Å². The molecule has 0 heterocycles. The summed E-state index contributed by atoms with van der Waals surface area (Å²) in [6.45, 7) is 1.57. The maximum atomic E-state index is 10.6. The number of aromatic carboxylic acids is 2. The van der Waals surface area contributed by atoms with Crippen molar-refractivity contribution >= 4 is 11.9 Å². The molecule has 0 fully saturated rings. The van der Waals surface area contributed by atoms with Gasteiger partial charge in [0.1, 0.15) is 0 Å². The second kappa shape index (κ2) is 4.38. The van der Waals surface area contributed by atoms with Crippen molar-refractivity contribution in [3.8, 4) is 0 Å². The minimum Gasteiger partial charge on any atom is -0.478 e. The van der Waals surface area contributed by atoms with Crippen molar-refractivity contribution in [1.82, 2.24) is 0 Å². The highest BCUT2D eigenvalue weighted by Crippen LogP contribution is 2.10. The van der Waals surface area contributed by atoms with Crippen molar-refractivity contribution in [3.05, 3.63) is 34.9 Å². The summed E-state index contributed by atoms with van der Waals surface area (Å²) in [6.07, 6.45) is 0. The largest absolute Gasteiger partial charge is 0.478 e. The molecule has 0 saturated heterocycles. The Morgan fingerprint density at radius 2 is 1.71 bits per heavy atom. The zero-order valence-electron chi connectivity index (χ0n) is 7.44. The fourth-order valence-electron chi connectivity index (χ4n) is 1.04. The Morgan fingerprint density at radius 1 is 1.14 bits per heavy atom. The van der Waals surface area contributed by atoms with Crippen molar-refractivity contribution < 1.29 is 25.3 Å². The highest BCUT2D eigenvalue weighted by Gasteiger charge is 2.09. The SMILES string of the molecule is Cc1cc(C(=O)O)ccc1C(=O)O.O. The van der Waals surface area contributed by atoms with E-state index < -0.39 is 11.9 Å². The molecule has 0 unspecified atom stereocenters. The number of rotatable bonds is 2. The third-order valence-corrected chi connectivity index (χ3v) is 1.70. The molecule has 1 aromatic rings. The number of carboxylic acids is 2. The van der Waals surface area contributed by atoms with Gasteiger partial charge in [-0.2, -0.15) is 0 Å². The molecule has 0 atom stereocenters. The van der Waals surface area contributed by atoms with Gasteiger partial charge in [-0.1, -0.05) is 0 Å². The fourth-order valence-corrected chi connectivity index (χ4v) is 1.04. The molecule has 0 spiro atoms. The van der Waals surface area contributed by atoms with Crippen molar-refractivity contribution in [2.75, 3.05) is 0 Å². The first-order chi connectivity index (χ1) is 6.02. The van der Waals surface area contributed by atoms with Crippen LogP contribution < -0.4 is 0 Å². The highest BCUT2D eigenvalue weighted by molar-refractivity contribution is 5.93. The van der Waals surface area contributed by atoms with Gasteiger partial charge in [0.25, 0.3) is 0 Å². The Kier molecular flexibility index (Phi) is 3.79. The zero-order chi connectivity index (χ0) is 10.0. The van der Waals surface area contributed by atoms with Crippen molar-refractivity contribution in [1.29, 1.82) is 0 Å². The first kappa shape index (κ1) is 12.1. The Balaban J connectivity index is 0.00000169. The molecule has 0 aliphatic carbocycles. The monoisotopic (exact) mass is 198 g/mol. The fraction of sp³-hybridized carbons (Fsp3) is 0.111. The van der Waals surface area contributed by atoms with Gasteiger partial charge in [0.05, 0.1) is 11.1 Å². The van der Waals surface area contributed by atoms with Crippen LogP contribution >= 0.6 is 0 Å². The molecule has 0 amide bonds. The van der Waals surface area contributed by atoms with E-state index in [-0.39, 0.29) is 16.6 Å². The van der Waals surface area contributed by atoms with Crippen LogP contribution in [0, 0.1) is 6.92 Å². The molecule has 1 rings (SSSR count). The molecule has 0 aromatic heterocycles. The van der Waals surface area contributed by atoms with E-state index in [4.69, 9.17) is 10.2 Å². The second-order valence-electron chi connectivity index (χ2n) is 2.64. The number of hydrogen-bond acceptors (Lipinski definition) is 2. The lowest BCUT2D eigenvalue weighted by Gasteiger charge is -2.01. The van der Waals surface area contributed by atoms with Gasteiger partial charge in [0.15, 0.2) is 0 Å². The van der Waals surface area contributed by atoms with Gasteiger partial charge < -0.3 is 15.7 Å². The molecule has 0 aliphatic heterocycles. The van der Waals surface area contributed by atoms with E-state index >= 15 is 0 Å². The summed E-state index contributed by atoms with van der Waals surface area (Å²) in [7, 11) is 0. The lowest BCUT2D eigenvalue weighted by Crippen LogP contribution is -2.03. The first-order valence-electron chi connectivity index (χ1n) is 3.59. The van der Waals surface area contributed by atoms with Crippen LogP contribution in [-0.2, 0) is 0 Å². The summed E-state index contributed by atoms with van der Waals surface area (Å²) in [4.78, 5) is 21.0. The molecule has 5 heteroatoms. The summed E-state index contributed by atoms with van der Waals surface area (Å²) in [5.74, 6) is -2.10. The standard InChI is InChI=1S/C9H8O4.H2O/c1-5-4-6(8(10)11)2-3-7(5)9(12)13;/h2-4H,1H3,(H,10,11)(H,12,13);1H2. The number of hydrogen-bond donors (Lipinski definition) is 2. The summed E-state index contributed by atoms with van der Waals surface area (Å²) in [5.41, 5.74) is 0.680. The summed E-state index contributed by atoms with van der Waals surface area (Å²) in [5, 5.41) is 17.2. The summed E-state index contributed by atoms with van der Waals surface area (Å²) >= 11 is 0.